The number of amides is 1. The largest absolute Gasteiger partial charge is 0.465 e. The second-order valence-electron chi connectivity index (χ2n) is 7.18. The number of fused-ring (bicyclic) bond motifs is 1. The molecule has 9 heteroatoms. The van der Waals surface area contributed by atoms with Crippen LogP contribution in [0.1, 0.15) is 34.6 Å². The van der Waals surface area contributed by atoms with Crippen LogP contribution >= 0.6 is 11.8 Å². The molecular weight excluding hydrogens is 362 g/mol. The molecule has 1 unspecified atom stereocenters. The van der Waals surface area contributed by atoms with E-state index >= 15 is 0 Å². The Morgan fingerprint density at radius 1 is 1.19 bits per heavy atom. The van der Waals surface area contributed by atoms with Crippen molar-refractivity contribution in [2.24, 2.45) is 11.3 Å². The van der Waals surface area contributed by atoms with E-state index in [-0.39, 0.29) is 23.6 Å². The molecule has 0 aromatic carbocycles. The van der Waals surface area contributed by atoms with Crippen LogP contribution in [0.3, 0.4) is 0 Å². The molecule has 1 amide bonds. The lowest BCUT2D eigenvalue weighted by molar-refractivity contribution is -0.174. The standard InChI is InChI=1S/C17H23NO7S/c1-9-7-26-14-11(6-23-10(2)19)13(20)18(14)12(9)15(21)24-8-25-16(22)17(3,4)5/h11,14H,6-8H2,1-5H3/t11?,14-/m0/s1. The number of thioether (sulfide) groups is 1. The molecule has 0 N–H and O–H groups in total. The van der Waals surface area contributed by atoms with Crippen molar-refractivity contribution in [1.82, 2.24) is 4.90 Å². The first kappa shape index (κ1) is 20.3. The summed E-state index contributed by atoms with van der Waals surface area (Å²) in [6, 6.07) is 0. The molecule has 1 fully saturated rings. The fourth-order valence-electron chi connectivity index (χ4n) is 2.49. The lowest BCUT2D eigenvalue weighted by atomic mass is 9.96. The predicted molar refractivity (Wildman–Crippen MR) is 92.4 cm³/mol. The van der Waals surface area contributed by atoms with Gasteiger partial charge >= 0.3 is 17.9 Å². The molecule has 0 bridgehead atoms. The number of carbonyl (C=O) groups is 4. The zero-order valence-corrected chi connectivity index (χ0v) is 16.3. The highest BCUT2D eigenvalue weighted by atomic mass is 32.2. The van der Waals surface area contributed by atoms with Crippen molar-refractivity contribution in [3.05, 3.63) is 11.3 Å². The van der Waals surface area contributed by atoms with E-state index < -0.39 is 36.0 Å². The molecule has 2 heterocycles. The topological polar surface area (TPSA) is 99.2 Å². The van der Waals surface area contributed by atoms with Crippen molar-refractivity contribution in [2.75, 3.05) is 19.2 Å². The minimum absolute atomic E-state index is 0.00704. The van der Waals surface area contributed by atoms with Crippen molar-refractivity contribution in [3.8, 4) is 0 Å². The van der Waals surface area contributed by atoms with Gasteiger partial charge in [-0.15, -0.1) is 11.8 Å². The summed E-state index contributed by atoms with van der Waals surface area (Å²) in [5.41, 5.74) is 0.174. The number of nitrogens with zero attached hydrogens (tertiary/aromatic N) is 1. The minimum Gasteiger partial charge on any atom is -0.465 e. The number of hydrogen-bond donors (Lipinski definition) is 0. The molecule has 2 atom stereocenters. The maximum Gasteiger partial charge on any atom is 0.357 e. The summed E-state index contributed by atoms with van der Waals surface area (Å²) in [7, 11) is 0. The Kier molecular flexibility index (Phi) is 6.00. The molecule has 2 aliphatic heterocycles. The second-order valence-corrected chi connectivity index (χ2v) is 8.28. The molecular formula is C17H23NO7S. The van der Waals surface area contributed by atoms with Gasteiger partial charge in [0.1, 0.15) is 18.2 Å². The molecule has 144 valence electrons. The molecule has 0 radical (unpaired) electrons. The molecule has 0 aliphatic carbocycles. The molecule has 0 spiro atoms. The van der Waals surface area contributed by atoms with Crippen LogP contribution in [0.2, 0.25) is 0 Å². The van der Waals surface area contributed by atoms with E-state index in [0.717, 1.165) is 0 Å². The van der Waals surface area contributed by atoms with Gasteiger partial charge < -0.3 is 14.2 Å². The van der Waals surface area contributed by atoms with Gasteiger partial charge in [-0.05, 0) is 33.3 Å². The van der Waals surface area contributed by atoms with Crippen LogP contribution in [-0.2, 0) is 33.4 Å². The lowest BCUT2D eigenvalue weighted by Gasteiger charge is -2.49. The van der Waals surface area contributed by atoms with E-state index in [4.69, 9.17) is 14.2 Å². The quantitative estimate of drug-likeness (QED) is 0.398. The Bertz CT molecular complexity index is 665. The van der Waals surface area contributed by atoms with Crippen LogP contribution in [0.5, 0.6) is 0 Å². The smallest absolute Gasteiger partial charge is 0.357 e. The highest BCUT2D eigenvalue weighted by Crippen LogP contribution is 2.43. The molecule has 2 rings (SSSR count). The molecule has 8 nitrogen and oxygen atoms in total. The van der Waals surface area contributed by atoms with E-state index in [1.165, 1.54) is 23.6 Å². The van der Waals surface area contributed by atoms with Crippen LogP contribution in [0.15, 0.2) is 11.3 Å². The van der Waals surface area contributed by atoms with E-state index in [1.54, 1.807) is 27.7 Å². The molecule has 2 aliphatic rings. The number of esters is 3. The summed E-state index contributed by atoms with van der Waals surface area (Å²) in [5.74, 6) is -1.87. The third kappa shape index (κ3) is 4.20. The fraction of sp³-hybridized carbons (Fsp3) is 0.647. The summed E-state index contributed by atoms with van der Waals surface area (Å²) in [4.78, 5) is 48.8. The van der Waals surface area contributed by atoms with Gasteiger partial charge in [0.25, 0.3) is 0 Å². The first-order valence-corrected chi connectivity index (χ1v) is 9.21. The van der Waals surface area contributed by atoms with Crippen LogP contribution in [-0.4, -0.2) is 53.2 Å². The van der Waals surface area contributed by atoms with Crippen LogP contribution in [0.25, 0.3) is 0 Å². The predicted octanol–water partition coefficient (Wildman–Crippen LogP) is 1.44. The van der Waals surface area contributed by atoms with E-state index in [2.05, 4.69) is 0 Å². The van der Waals surface area contributed by atoms with Gasteiger partial charge in [0.15, 0.2) is 0 Å². The normalized spacial score (nSPS) is 22.3. The molecule has 1 saturated heterocycles. The van der Waals surface area contributed by atoms with Gasteiger partial charge in [0.2, 0.25) is 12.7 Å². The molecule has 0 aromatic heterocycles. The van der Waals surface area contributed by atoms with Gasteiger partial charge in [-0.2, -0.15) is 0 Å². The third-order valence-electron chi connectivity index (χ3n) is 3.92. The van der Waals surface area contributed by atoms with Crippen molar-refractivity contribution in [3.63, 3.8) is 0 Å². The van der Waals surface area contributed by atoms with Crippen molar-refractivity contribution >= 4 is 35.6 Å². The summed E-state index contributed by atoms with van der Waals surface area (Å²) in [6.45, 7) is 7.57. The number of ether oxygens (including phenoxy) is 3. The average Bonchev–Trinajstić information content (AvgIpc) is 2.53. The Labute approximate surface area is 156 Å². The number of rotatable bonds is 5. The van der Waals surface area contributed by atoms with Gasteiger partial charge in [-0.3, -0.25) is 19.3 Å². The van der Waals surface area contributed by atoms with Gasteiger partial charge in [-0.1, -0.05) is 0 Å². The second kappa shape index (κ2) is 7.69. The van der Waals surface area contributed by atoms with E-state index in [0.29, 0.717) is 11.3 Å². The van der Waals surface area contributed by atoms with Gasteiger partial charge in [-0.25, -0.2) is 4.79 Å². The monoisotopic (exact) mass is 385 g/mol. The zero-order chi connectivity index (χ0) is 19.6. The van der Waals surface area contributed by atoms with E-state index in [9.17, 15) is 19.2 Å². The molecule has 26 heavy (non-hydrogen) atoms. The number of β-lactam (4-membered cyclic amide) rings is 1. The zero-order valence-electron chi connectivity index (χ0n) is 15.5. The van der Waals surface area contributed by atoms with E-state index in [1.807, 2.05) is 0 Å². The van der Waals surface area contributed by atoms with Crippen molar-refractivity contribution in [1.29, 1.82) is 0 Å². The highest BCUT2D eigenvalue weighted by molar-refractivity contribution is 8.00. The van der Waals surface area contributed by atoms with Gasteiger partial charge in [0, 0.05) is 12.7 Å². The fourth-order valence-corrected chi connectivity index (χ4v) is 3.83. The SMILES string of the molecule is CC(=O)OCC1C(=O)N2C(C(=O)OCOC(=O)C(C)(C)C)=C(C)CS[C@@H]12. The van der Waals surface area contributed by atoms with Crippen molar-refractivity contribution in [2.45, 2.75) is 40.0 Å². The van der Waals surface area contributed by atoms with Gasteiger partial charge in [0.05, 0.1) is 10.8 Å². The molecule has 0 saturated carbocycles. The number of hydrogen-bond acceptors (Lipinski definition) is 8. The van der Waals surface area contributed by atoms with Crippen LogP contribution < -0.4 is 0 Å². The maximum absolute atomic E-state index is 12.4. The Hall–Kier alpha value is -2.03. The average molecular weight is 385 g/mol. The highest BCUT2D eigenvalue weighted by Gasteiger charge is 2.53. The lowest BCUT2D eigenvalue weighted by Crippen LogP contribution is -2.62. The first-order chi connectivity index (χ1) is 12.0. The Balaban J connectivity index is 1.98. The Morgan fingerprint density at radius 2 is 1.85 bits per heavy atom. The number of carbonyl (C=O) groups excluding carboxylic acids is 4. The minimum atomic E-state index is -0.714. The summed E-state index contributed by atoms with van der Waals surface area (Å²) >= 11 is 1.50. The third-order valence-corrected chi connectivity index (χ3v) is 5.40. The molecule has 0 aromatic rings. The summed E-state index contributed by atoms with van der Waals surface area (Å²) in [5, 5.41) is -0.273. The van der Waals surface area contributed by atoms with Crippen LogP contribution in [0, 0.1) is 11.3 Å². The Morgan fingerprint density at radius 3 is 2.42 bits per heavy atom. The summed E-state index contributed by atoms with van der Waals surface area (Å²) < 4.78 is 14.9. The van der Waals surface area contributed by atoms with Crippen molar-refractivity contribution < 1.29 is 33.4 Å². The summed E-state index contributed by atoms with van der Waals surface area (Å²) in [6.07, 6.45) is 0. The first-order valence-electron chi connectivity index (χ1n) is 8.16. The van der Waals surface area contributed by atoms with Crippen LogP contribution in [0.4, 0.5) is 0 Å². The maximum atomic E-state index is 12.4.